The fourth-order valence-electron chi connectivity index (χ4n) is 0.827. The van der Waals surface area contributed by atoms with E-state index in [0.717, 1.165) is 6.54 Å². The monoisotopic (exact) mass is 155 g/mol. The highest BCUT2D eigenvalue weighted by atomic mass is 16.5. The molecule has 1 N–H and O–H groups in total. The first-order chi connectivity index (χ1) is 5.08. The molecule has 0 aromatic heterocycles. The van der Waals surface area contributed by atoms with Gasteiger partial charge in [-0.3, -0.25) is 0 Å². The van der Waals surface area contributed by atoms with Gasteiger partial charge in [0, 0.05) is 7.11 Å². The van der Waals surface area contributed by atoms with Crippen molar-refractivity contribution in [1.29, 1.82) is 0 Å². The highest BCUT2D eigenvalue weighted by molar-refractivity contribution is 5.07. The van der Waals surface area contributed by atoms with Crippen molar-refractivity contribution in [2.75, 3.05) is 13.7 Å². The molecule has 0 spiro atoms. The molecular formula is C9H17NO. The summed E-state index contributed by atoms with van der Waals surface area (Å²) in [6.07, 6.45) is 5.33. The molecule has 0 aliphatic carbocycles. The van der Waals surface area contributed by atoms with Gasteiger partial charge in [0.25, 0.3) is 0 Å². The Kier molecular flexibility index (Phi) is 4.17. The molecule has 0 aromatic carbocycles. The Bertz CT molecular complexity index is 146. The molecule has 0 fully saturated rings. The van der Waals surface area contributed by atoms with E-state index in [0.29, 0.717) is 0 Å². The summed E-state index contributed by atoms with van der Waals surface area (Å²) in [5, 5.41) is 3.16. The third-order valence-corrected chi connectivity index (χ3v) is 1.80. The lowest BCUT2D eigenvalue weighted by atomic mass is 9.99. The molecule has 0 aliphatic rings. The summed E-state index contributed by atoms with van der Waals surface area (Å²) in [5.41, 5.74) is -0.287. The van der Waals surface area contributed by atoms with Gasteiger partial charge in [-0.2, -0.15) is 0 Å². The first-order valence-electron chi connectivity index (χ1n) is 3.83. The molecule has 2 heteroatoms. The summed E-state index contributed by atoms with van der Waals surface area (Å²) < 4.78 is 5.24. The molecule has 0 amide bonds. The SMILES string of the molecule is C#CC(NCC)C(C)(C)OC. The normalized spacial score (nSPS) is 14.1. The van der Waals surface area contributed by atoms with Crippen LogP contribution in [0.2, 0.25) is 0 Å². The lowest BCUT2D eigenvalue weighted by molar-refractivity contribution is 0.00593. The zero-order valence-corrected chi connectivity index (χ0v) is 7.77. The van der Waals surface area contributed by atoms with Crippen LogP contribution in [0.3, 0.4) is 0 Å². The van der Waals surface area contributed by atoms with Gasteiger partial charge in [0.2, 0.25) is 0 Å². The zero-order chi connectivity index (χ0) is 8.91. The topological polar surface area (TPSA) is 21.3 Å². The molecule has 0 radical (unpaired) electrons. The minimum absolute atomic E-state index is 0.0162. The Hall–Kier alpha value is -0.520. The predicted molar refractivity (Wildman–Crippen MR) is 47.4 cm³/mol. The van der Waals surface area contributed by atoms with E-state index in [1.54, 1.807) is 7.11 Å². The Labute approximate surface area is 69.3 Å². The summed E-state index contributed by atoms with van der Waals surface area (Å²) in [4.78, 5) is 0. The molecule has 1 unspecified atom stereocenters. The molecule has 0 saturated carbocycles. The summed E-state index contributed by atoms with van der Waals surface area (Å²) >= 11 is 0. The Balaban J connectivity index is 4.14. The van der Waals surface area contributed by atoms with Gasteiger partial charge in [-0.05, 0) is 20.4 Å². The molecule has 0 bridgehead atoms. The first-order valence-corrected chi connectivity index (χ1v) is 3.83. The van der Waals surface area contributed by atoms with Crippen LogP contribution in [-0.4, -0.2) is 25.3 Å². The van der Waals surface area contributed by atoms with E-state index in [9.17, 15) is 0 Å². The van der Waals surface area contributed by atoms with Crippen LogP contribution in [0.15, 0.2) is 0 Å². The summed E-state index contributed by atoms with van der Waals surface area (Å²) in [7, 11) is 1.67. The second kappa shape index (κ2) is 4.38. The third-order valence-electron chi connectivity index (χ3n) is 1.80. The van der Waals surface area contributed by atoms with Crippen molar-refractivity contribution in [2.24, 2.45) is 0 Å². The van der Waals surface area contributed by atoms with E-state index in [4.69, 9.17) is 11.2 Å². The predicted octanol–water partition coefficient (Wildman–Crippen LogP) is 1.02. The van der Waals surface area contributed by atoms with Crippen LogP contribution in [0.4, 0.5) is 0 Å². The average molecular weight is 155 g/mol. The Morgan fingerprint density at radius 3 is 2.45 bits per heavy atom. The lowest BCUT2D eigenvalue weighted by Crippen LogP contribution is -2.47. The highest BCUT2D eigenvalue weighted by Crippen LogP contribution is 2.12. The molecule has 0 saturated heterocycles. The van der Waals surface area contributed by atoms with Crippen molar-refractivity contribution in [1.82, 2.24) is 5.32 Å². The minimum Gasteiger partial charge on any atom is -0.376 e. The highest BCUT2D eigenvalue weighted by Gasteiger charge is 2.26. The van der Waals surface area contributed by atoms with Crippen LogP contribution in [-0.2, 0) is 4.74 Å². The zero-order valence-electron chi connectivity index (χ0n) is 7.77. The van der Waals surface area contributed by atoms with Crippen molar-refractivity contribution in [3.05, 3.63) is 0 Å². The number of hydrogen-bond acceptors (Lipinski definition) is 2. The first kappa shape index (κ1) is 10.5. The van der Waals surface area contributed by atoms with Crippen molar-refractivity contribution in [2.45, 2.75) is 32.4 Å². The van der Waals surface area contributed by atoms with E-state index < -0.39 is 0 Å². The Morgan fingerprint density at radius 1 is 1.64 bits per heavy atom. The molecule has 0 heterocycles. The number of nitrogens with one attached hydrogen (secondary N) is 1. The average Bonchev–Trinajstić information content (AvgIpc) is 2.00. The maximum absolute atomic E-state index is 5.33. The van der Waals surface area contributed by atoms with Crippen LogP contribution in [0.25, 0.3) is 0 Å². The number of rotatable bonds is 4. The van der Waals surface area contributed by atoms with Crippen molar-refractivity contribution in [3.63, 3.8) is 0 Å². The van der Waals surface area contributed by atoms with Crippen molar-refractivity contribution >= 4 is 0 Å². The third kappa shape index (κ3) is 2.92. The fraction of sp³-hybridized carbons (Fsp3) is 0.778. The minimum atomic E-state index is -0.287. The molecule has 0 aliphatic heterocycles. The molecule has 11 heavy (non-hydrogen) atoms. The smallest absolute Gasteiger partial charge is 0.0975 e. The van der Waals surface area contributed by atoms with Gasteiger partial charge < -0.3 is 10.1 Å². The van der Waals surface area contributed by atoms with Gasteiger partial charge in [0.05, 0.1) is 11.6 Å². The number of methoxy groups -OCH3 is 1. The van der Waals surface area contributed by atoms with E-state index in [2.05, 4.69) is 11.2 Å². The summed E-state index contributed by atoms with van der Waals surface area (Å²) in [6.45, 7) is 6.83. The van der Waals surface area contributed by atoms with Gasteiger partial charge in [0.1, 0.15) is 0 Å². The molecule has 0 aromatic rings. The molecule has 2 nitrogen and oxygen atoms in total. The standard InChI is InChI=1S/C9H17NO/c1-6-8(10-7-2)9(3,4)11-5/h1,8,10H,7H2,2-5H3. The Morgan fingerprint density at radius 2 is 2.18 bits per heavy atom. The van der Waals surface area contributed by atoms with Gasteiger partial charge in [-0.15, -0.1) is 6.42 Å². The van der Waals surface area contributed by atoms with Crippen LogP contribution < -0.4 is 5.32 Å². The maximum Gasteiger partial charge on any atom is 0.0975 e. The molecular weight excluding hydrogens is 138 g/mol. The number of likely N-dealkylation sites (N-methyl/N-ethyl adjacent to an activating group) is 1. The number of hydrogen-bond donors (Lipinski definition) is 1. The molecule has 1 atom stereocenters. The second-order valence-electron chi connectivity index (χ2n) is 2.96. The summed E-state index contributed by atoms with van der Waals surface area (Å²) in [5.74, 6) is 2.66. The van der Waals surface area contributed by atoms with E-state index in [1.807, 2.05) is 20.8 Å². The molecule has 0 rings (SSSR count). The lowest BCUT2D eigenvalue weighted by Gasteiger charge is -2.29. The number of terminal acetylenes is 1. The van der Waals surface area contributed by atoms with Crippen molar-refractivity contribution in [3.8, 4) is 12.3 Å². The van der Waals surface area contributed by atoms with Gasteiger partial charge >= 0.3 is 0 Å². The largest absolute Gasteiger partial charge is 0.376 e. The van der Waals surface area contributed by atoms with Crippen molar-refractivity contribution < 1.29 is 4.74 Å². The number of ether oxygens (including phenoxy) is 1. The van der Waals surface area contributed by atoms with E-state index in [-0.39, 0.29) is 11.6 Å². The quantitative estimate of drug-likeness (QED) is 0.612. The van der Waals surface area contributed by atoms with Crippen LogP contribution >= 0.6 is 0 Å². The van der Waals surface area contributed by atoms with E-state index in [1.165, 1.54) is 0 Å². The van der Waals surface area contributed by atoms with Crippen LogP contribution in [0, 0.1) is 12.3 Å². The van der Waals surface area contributed by atoms with Crippen LogP contribution in [0.1, 0.15) is 20.8 Å². The second-order valence-corrected chi connectivity index (χ2v) is 2.96. The van der Waals surface area contributed by atoms with E-state index >= 15 is 0 Å². The van der Waals surface area contributed by atoms with Gasteiger partial charge in [-0.1, -0.05) is 12.8 Å². The summed E-state index contributed by atoms with van der Waals surface area (Å²) in [6, 6.07) is -0.0162. The van der Waals surface area contributed by atoms with Gasteiger partial charge in [-0.25, -0.2) is 0 Å². The maximum atomic E-state index is 5.33. The molecule has 64 valence electrons. The van der Waals surface area contributed by atoms with Gasteiger partial charge in [0.15, 0.2) is 0 Å². The fourth-order valence-corrected chi connectivity index (χ4v) is 0.827. The van der Waals surface area contributed by atoms with Crippen LogP contribution in [0.5, 0.6) is 0 Å².